The van der Waals surface area contributed by atoms with E-state index in [9.17, 15) is 4.79 Å². The molecule has 1 saturated heterocycles. The smallest absolute Gasteiger partial charge is 0.219 e. The van der Waals surface area contributed by atoms with Crippen molar-refractivity contribution in [1.82, 2.24) is 4.90 Å². The Morgan fingerprint density at radius 3 is 2.50 bits per heavy atom. The minimum absolute atomic E-state index is 0.227. The van der Waals surface area contributed by atoms with Gasteiger partial charge in [-0.25, -0.2) is 0 Å². The van der Waals surface area contributed by atoms with Gasteiger partial charge in [0.05, 0.1) is 0 Å². The summed E-state index contributed by atoms with van der Waals surface area (Å²) < 4.78 is 0. The first kappa shape index (κ1) is 7.58. The Bertz CT molecular complexity index is 144. The van der Waals surface area contributed by atoms with Crippen molar-refractivity contribution in [1.29, 1.82) is 0 Å². The van der Waals surface area contributed by atoms with Crippen molar-refractivity contribution in [3.8, 4) is 0 Å². The van der Waals surface area contributed by atoms with Crippen LogP contribution in [0.3, 0.4) is 0 Å². The van der Waals surface area contributed by atoms with Crippen LogP contribution in [0.15, 0.2) is 0 Å². The number of likely N-dealkylation sites (tertiary alicyclic amines) is 1. The number of hydrogen-bond acceptors (Lipinski definition) is 1. The lowest BCUT2D eigenvalue weighted by molar-refractivity contribution is -0.141. The minimum atomic E-state index is 0.227. The van der Waals surface area contributed by atoms with Gasteiger partial charge < -0.3 is 4.90 Å². The third-order valence-electron chi connectivity index (χ3n) is 2.32. The highest BCUT2D eigenvalue weighted by Crippen LogP contribution is 2.27. The van der Waals surface area contributed by atoms with Gasteiger partial charge in [-0.15, -0.1) is 0 Å². The molecule has 2 heteroatoms. The molecule has 1 fully saturated rings. The summed E-state index contributed by atoms with van der Waals surface area (Å²) in [5, 5.41) is 0. The van der Waals surface area contributed by atoms with Crippen molar-refractivity contribution in [2.45, 2.75) is 45.7 Å². The lowest BCUT2D eigenvalue weighted by atomic mass is 9.92. The Kier molecular flexibility index (Phi) is 1.97. The van der Waals surface area contributed by atoms with E-state index in [0.717, 1.165) is 6.42 Å². The van der Waals surface area contributed by atoms with Crippen LogP contribution in [0.2, 0.25) is 0 Å². The Hall–Kier alpha value is -0.530. The fourth-order valence-electron chi connectivity index (χ4n) is 1.77. The fraction of sp³-hybridized carbons (Fsp3) is 0.875. The van der Waals surface area contributed by atoms with Gasteiger partial charge >= 0.3 is 0 Å². The number of rotatable bonds is 1. The predicted octanol–water partition coefficient (Wildman–Crippen LogP) is 1.41. The SMILES string of the molecule is CCC1CC(C)N1C(C)=O. The molecule has 1 amide bonds. The molecule has 0 radical (unpaired) electrons. The quantitative estimate of drug-likeness (QED) is 0.540. The molecule has 0 saturated carbocycles. The molecule has 0 aromatic rings. The van der Waals surface area contributed by atoms with Crippen molar-refractivity contribution in [3.05, 3.63) is 0 Å². The van der Waals surface area contributed by atoms with Crippen LogP contribution in [-0.4, -0.2) is 22.9 Å². The second kappa shape index (κ2) is 2.60. The molecule has 0 spiro atoms. The maximum atomic E-state index is 10.9. The molecule has 1 rings (SSSR count). The molecule has 1 heterocycles. The maximum Gasteiger partial charge on any atom is 0.219 e. The van der Waals surface area contributed by atoms with E-state index in [1.807, 2.05) is 4.90 Å². The molecule has 10 heavy (non-hydrogen) atoms. The topological polar surface area (TPSA) is 20.3 Å². The summed E-state index contributed by atoms with van der Waals surface area (Å²) in [7, 11) is 0. The van der Waals surface area contributed by atoms with Gasteiger partial charge in [0.15, 0.2) is 0 Å². The number of hydrogen-bond donors (Lipinski definition) is 0. The molecule has 0 N–H and O–H groups in total. The Labute approximate surface area is 62.2 Å². The number of carbonyl (C=O) groups is 1. The van der Waals surface area contributed by atoms with Gasteiger partial charge in [-0.05, 0) is 19.8 Å². The summed E-state index contributed by atoms with van der Waals surface area (Å²) in [5.41, 5.74) is 0. The van der Waals surface area contributed by atoms with E-state index in [0.29, 0.717) is 12.1 Å². The summed E-state index contributed by atoms with van der Waals surface area (Å²) in [4.78, 5) is 12.9. The van der Waals surface area contributed by atoms with Gasteiger partial charge in [0, 0.05) is 19.0 Å². The van der Waals surface area contributed by atoms with Gasteiger partial charge in [0.2, 0.25) is 5.91 Å². The molecule has 1 aliphatic heterocycles. The van der Waals surface area contributed by atoms with Gasteiger partial charge in [-0.2, -0.15) is 0 Å². The molecule has 0 aliphatic carbocycles. The fourth-order valence-corrected chi connectivity index (χ4v) is 1.77. The normalized spacial score (nSPS) is 31.7. The van der Waals surface area contributed by atoms with Crippen LogP contribution in [-0.2, 0) is 4.79 Å². The highest BCUT2D eigenvalue weighted by atomic mass is 16.2. The average Bonchev–Trinajstić information content (AvgIpc) is 1.80. The molecule has 0 aromatic carbocycles. The van der Waals surface area contributed by atoms with Crippen LogP contribution in [0, 0.1) is 0 Å². The van der Waals surface area contributed by atoms with Crippen LogP contribution in [0.5, 0.6) is 0 Å². The summed E-state index contributed by atoms with van der Waals surface area (Å²) >= 11 is 0. The Morgan fingerprint density at radius 1 is 1.70 bits per heavy atom. The zero-order valence-corrected chi connectivity index (χ0v) is 6.92. The summed E-state index contributed by atoms with van der Waals surface area (Å²) in [6.45, 7) is 5.89. The Morgan fingerprint density at radius 2 is 2.30 bits per heavy atom. The third kappa shape index (κ3) is 1.02. The van der Waals surface area contributed by atoms with Gasteiger partial charge in [-0.1, -0.05) is 6.92 Å². The second-order valence-corrected chi connectivity index (χ2v) is 3.07. The van der Waals surface area contributed by atoms with Crippen molar-refractivity contribution in [2.24, 2.45) is 0 Å². The summed E-state index contributed by atoms with van der Waals surface area (Å²) in [6.07, 6.45) is 2.29. The molecular formula is C8H15NO. The highest BCUT2D eigenvalue weighted by Gasteiger charge is 2.35. The van der Waals surface area contributed by atoms with E-state index in [-0.39, 0.29) is 5.91 Å². The van der Waals surface area contributed by atoms with Crippen molar-refractivity contribution >= 4 is 5.91 Å². The largest absolute Gasteiger partial charge is 0.337 e. The first-order valence-corrected chi connectivity index (χ1v) is 3.95. The zero-order valence-electron chi connectivity index (χ0n) is 6.92. The van der Waals surface area contributed by atoms with Crippen LogP contribution in [0.4, 0.5) is 0 Å². The standard InChI is InChI=1S/C8H15NO/c1-4-8-5-6(2)9(8)7(3)10/h6,8H,4-5H2,1-3H3. The van der Waals surface area contributed by atoms with Crippen LogP contribution in [0.1, 0.15) is 33.6 Å². The number of nitrogens with zero attached hydrogens (tertiary/aromatic N) is 1. The van der Waals surface area contributed by atoms with E-state index in [2.05, 4.69) is 13.8 Å². The molecular weight excluding hydrogens is 126 g/mol. The maximum absolute atomic E-state index is 10.9. The van der Waals surface area contributed by atoms with Crippen molar-refractivity contribution < 1.29 is 4.79 Å². The molecule has 58 valence electrons. The molecule has 2 atom stereocenters. The van der Waals surface area contributed by atoms with Gasteiger partial charge in [0.25, 0.3) is 0 Å². The van der Waals surface area contributed by atoms with E-state index in [4.69, 9.17) is 0 Å². The third-order valence-corrected chi connectivity index (χ3v) is 2.32. The van der Waals surface area contributed by atoms with E-state index >= 15 is 0 Å². The lowest BCUT2D eigenvalue weighted by Crippen LogP contribution is -2.56. The molecule has 0 aromatic heterocycles. The number of carbonyl (C=O) groups excluding carboxylic acids is 1. The van der Waals surface area contributed by atoms with Gasteiger partial charge in [0.1, 0.15) is 0 Å². The van der Waals surface area contributed by atoms with E-state index < -0.39 is 0 Å². The van der Waals surface area contributed by atoms with E-state index in [1.165, 1.54) is 6.42 Å². The van der Waals surface area contributed by atoms with E-state index in [1.54, 1.807) is 6.92 Å². The summed E-state index contributed by atoms with van der Waals surface area (Å²) in [6, 6.07) is 1.02. The Balaban J connectivity index is 2.48. The molecule has 0 bridgehead atoms. The molecule has 2 unspecified atom stereocenters. The van der Waals surface area contributed by atoms with Crippen LogP contribution >= 0.6 is 0 Å². The lowest BCUT2D eigenvalue weighted by Gasteiger charge is -2.46. The van der Waals surface area contributed by atoms with Crippen LogP contribution < -0.4 is 0 Å². The monoisotopic (exact) mass is 141 g/mol. The van der Waals surface area contributed by atoms with Crippen LogP contribution in [0.25, 0.3) is 0 Å². The summed E-state index contributed by atoms with van der Waals surface area (Å²) in [5.74, 6) is 0.227. The first-order valence-electron chi connectivity index (χ1n) is 3.95. The molecule has 2 nitrogen and oxygen atoms in total. The first-order chi connectivity index (χ1) is 4.66. The van der Waals surface area contributed by atoms with Crippen molar-refractivity contribution in [2.75, 3.05) is 0 Å². The zero-order chi connectivity index (χ0) is 7.72. The second-order valence-electron chi connectivity index (χ2n) is 3.07. The average molecular weight is 141 g/mol. The number of amides is 1. The van der Waals surface area contributed by atoms with Crippen molar-refractivity contribution in [3.63, 3.8) is 0 Å². The van der Waals surface area contributed by atoms with Gasteiger partial charge in [-0.3, -0.25) is 4.79 Å². The molecule has 1 aliphatic rings. The minimum Gasteiger partial charge on any atom is -0.337 e. The predicted molar refractivity (Wildman–Crippen MR) is 40.7 cm³/mol. The highest BCUT2D eigenvalue weighted by molar-refractivity contribution is 5.74.